The summed E-state index contributed by atoms with van der Waals surface area (Å²) in [7, 11) is 0. The second-order valence-corrected chi connectivity index (χ2v) is 6.92. The van der Waals surface area contributed by atoms with E-state index >= 15 is 0 Å². The van der Waals surface area contributed by atoms with E-state index in [1.807, 2.05) is 24.3 Å². The molecule has 2 aromatic carbocycles. The molecular formula is C17H13IN2O5. The molecule has 4 rings (SSSR count). The molecule has 0 N–H and O–H groups in total. The highest BCUT2D eigenvalue weighted by Gasteiger charge is 2.56. The minimum Gasteiger partial charge on any atom is -0.336 e. The van der Waals surface area contributed by atoms with E-state index in [0.717, 1.165) is 9.13 Å². The van der Waals surface area contributed by atoms with Gasteiger partial charge in [-0.3, -0.25) is 14.9 Å². The quantitative estimate of drug-likeness (QED) is 0.407. The molecule has 0 unspecified atom stereocenters. The number of nitrogens with zero attached hydrogens (tertiary/aromatic N) is 2. The van der Waals surface area contributed by atoms with Gasteiger partial charge < -0.3 is 14.4 Å². The number of carbonyl (C=O) groups excluding carboxylic acids is 1. The maximum Gasteiger partial charge on any atom is 0.292 e. The van der Waals surface area contributed by atoms with E-state index in [0.29, 0.717) is 17.8 Å². The van der Waals surface area contributed by atoms with Crippen LogP contribution in [0.3, 0.4) is 0 Å². The zero-order valence-electron chi connectivity index (χ0n) is 13.0. The fourth-order valence-corrected chi connectivity index (χ4v) is 3.74. The van der Waals surface area contributed by atoms with E-state index in [9.17, 15) is 14.9 Å². The first-order chi connectivity index (χ1) is 12.0. The Morgan fingerprint density at radius 2 is 1.92 bits per heavy atom. The van der Waals surface area contributed by atoms with Crippen LogP contribution in [0, 0.1) is 13.7 Å². The topological polar surface area (TPSA) is 81.9 Å². The molecule has 8 heteroatoms. The van der Waals surface area contributed by atoms with E-state index in [4.69, 9.17) is 9.47 Å². The standard InChI is InChI=1S/C17H13IN2O5/c18-14-4-2-1-3-11(14)10-19-15-6-5-12(20(22)23)9-13(15)17(16(19)21)24-7-8-25-17/h1-6,9H,7-8,10H2. The van der Waals surface area contributed by atoms with Gasteiger partial charge in [0.1, 0.15) is 0 Å². The number of fused-ring (bicyclic) bond motifs is 2. The van der Waals surface area contributed by atoms with E-state index in [1.54, 1.807) is 11.0 Å². The summed E-state index contributed by atoms with van der Waals surface area (Å²) in [4.78, 5) is 25.3. The smallest absolute Gasteiger partial charge is 0.292 e. The second-order valence-electron chi connectivity index (χ2n) is 5.75. The van der Waals surface area contributed by atoms with Crippen molar-refractivity contribution in [3.63, 3.8) is 0 Å². The van der Waals surface area contributed by atoms with E-state index in [-0.39, 0.29) is 24.8 Å². The Morgan fingerprint density at radius 3 is 2.60 bits per heavy atom. The number of benzene rings is 2. The molecule has 2 heterocycles. The van der Waals surface area contributed by atoms with Crippen LogP contribution in [0.4, 0.5) is 11.4 Å². The van der Waals surface area contributed by atoms with Gasteiger partial charge in [0.15, 0.2) is 0 Å². The van der Waals surface area contributed by atoms with Crippen molar-refractivity contribution in [2.75, 3.05) is 18.1 Å². The normalized spacial score (nSPS) is 18.0. The Labute approximate surface area is 156 Å². The van der Waals surface area contributed by atoms with Crippen LogP contribution in [0.1, 0.15) is 11.1 Å². The molecule has 1 fully saturated rings. The molecule has 25 heavy (non-hydrogen) atoms. The number of rotatable bonds is 3. The highest BCUT2D eigenvalue weighted by molar-refractivity contribution is 14.1. The summed E-state index contributed by atoms with van der Waals surface area (Å²) in [6, 6.07) is 12.1. The Hall–Kier alpha value is -2.04. The fourth-order valence-electron chi connectivity index (χ4n) is 3.18. The van der Waals surface area contributed by atoms with Gasteiger partial charge in [-0.25, -0.2) is 0 Å². The van der Waals surface area contributed by atoms with Crippen LogP contribution < -0.4 is 4.90 Å². The van der Waals surface area contributed by atoms with Crippen LogP contribution in [0.15, 0.2) is 42.5 Å². The van der Waals surface area contributed by atoms with Crippen LogP contribution in [0.2, 0.25) is 0 Å². The van der Waals surface area contributed by atoms with Gasteiger partial charge >= 0.3 is 0 Å². The minimum absolute atomic E-state index is 0.0961. The Bertz CT molecular complexity index is 879. The lowest BCUT2D eigenvalue weighted by Gasteiger charge is -2.22. The summed E-state index contributed by atoms with van der Waals surface area (Å²) in [5, 5.41) is 11.1. The van der Waals surface area contributed by atoms with Gasteiger partial charge in [0.2, 0.25) is 0 Å². The van der Waals surface area contributed by atoms with Crippen molar-refractivity contribution < 1.29 is 19.2 Å². The highest BCUT2D eigenvalue weighted by Crippen LogP contribution is 2.47. The average Bonchev–Trinajstić information content (AvgIpc) is 3.18. The first-order valence-electron chi connectivity index (χ1n) is 7.65. The van der Waals surface area contributed by atoms with Gasteiger partial charge in [-0.1, -0.05) is 18.2 Å². The van der Waals surface area contributed by atoms with Crippen molar-refractivity contribution in [1.29, 1.82) is 0 Å². The van der Waals surface area contributed by atoms with Crippen molar-refractivity contribution in [2.45, 2.75) is 12.3 Å². The van der Waals surface area contributed by atoms with Crippen molar-refractivity contribution >= 4 is 39.9 Å². The SMILES string of the molecule is O=C1N(Cc2ccccc2I)c2ccc([N+](=O)[O-])cc2C12OCCO2. The second kappa shape index (κ2) is 6.04. The van der Waals surface area contributed by atoms with Crippen molar-refractivity contribution in [3.05, 3.63) is 67.3 Å². The first-order valence-corrected chi connectivity index (χ1v) is 8.73. The average molecular weight is 452 g/mol. The number of halogens is 1. The molecule has 2 aliphatic heterocycles. The predicted octanol–water partition coefficient (Wildman–Crippen LogP) is 2.95. The zero-order chi connectivity index (χ0) is 17.6. The molecule has 0 aromatic heterocycles. The molecule has 2 aliphatic rings. The molecule has 0 bridgehead atoms. The lowest BCUT2D eigenvalue weighted by Crippen LogP contribution is -2.41. The van der Waals surface area contributed by atoms with Gasteiger partial charge in [-0.05, 0) is 40.3 Å². The number of non-ortho nitro benzene ring substituents is 1. The molecule has 1 amide bonds. The molecule has 1 saturated heterocycles. The molecule has 2 aromatic rings. The van der Waals surface area contributed by atoms with Crippen LogP contribution in [0.5, 0.6) is 0 Å². The van der Waals surface area contributed by atoms with Gasteiger partial charge in [0.25, 0.3) is 17.4 Å². The Morgan fingerprint density at radius 1 is 1.20 bits per heavy atom. The van der Waals surface area contributed by atoms with Crippen molar-refractivity contribution in [1.82, 2.24) is 0 Å². The minimum atomic E-state index is -1.57. The molecule has 0 atom stereocenters. The monoisotopic (exact) mass is 452 g/mol. The van der Waals surface area contributed by atoms with E-state index in [1.165, 1.54) is 12.1 Å². The number of anilines is 1. The Balaban J connectivity index is 1.81. The zero-order valence-corrected chi connectivity index (χ0v) is 15.1. The van der Waals surface area contributed by atoms with Gasteiger partial charge in [0, 0.05) is 15.7 Å². The van der Waals surface area contributed by atoms with Gasteiger partial charge in [-0.2, -0.15) is 0 Å². The molecule has 1 spiro atoms. The van der Waals surface area contributed by atoms with E-state index in [2.05, 4.69) is 22.6 Å². The molecule has 0 aliphatic carbocycles. The van der Waals surface area contributed by atoms with Crippen molar-refractivity contribution in [2.24, 2.45) is 0 Å². The molecule has 0 saturated carbocycles. The third-order valence-electron chi connectivity index (χ3n) is 4.34. The third kappa shape index (κ3) is 2.52. The van der Waals surface area contributed by atoms with Crippen LogP contribution in [-0.4, -0.2) is 24.0 Å². The number of hydrogen-bond acceptors (Lipinski definition) is 5. The fraction of sp³-hybridized carbons (Fsp3) is 0.235. The summed E-state index contributed by atoms with van der Waals surface area (Å²) < 4.78 is 12.3. The number of nitro benzene ring substituents is 1. The lowest BCUT2D eigenvalue weighted by molar-refractivity contribution is -0.385. The van der Waals surface area contributed by atoms with Crippen molar-refractivity contribution in [3.8, 4) is 0 Å². The summed E-state index contributed by atoms with van der Waals surface area (Å²) in [5.74, 6) is -1.91. The summed E-state index contributed by atoms with van der Waals surface area (Å²) in [5.41, 5.74) is 1.87. The highest BCUT2D eigenvalue weighted by atomic mass is 127. The van der Waals surface area contributed by atoms with Gasteiger partial charge in [0.05, 0.1) is 35.9 Å². The maximum absolute atomic E-state index is 13.1. The largest absolute Gasteiger partial charge is 0.336 e. The van der Waals surface area contributed by atoms with Gasteiger partial charge in [-0.15, -0.1) is 0 Å². The summed E-state index contributed by atoms with van der Waals surface area (Å²) in [6.45, 7) is 0.881. The third-order valence-corrected chi connectivity index (χ3v) is 5.40. The summed E-state index contributed by atoms with van der Waals surface area (Å²) in [6.07, 6.45) is 0. The van der Waals surface area contributed by atoms with Crippen LogP contribution in [0.25, 0.3) is 0 Å². The molecule has 7 nitrogen and oxygen atoms in total. The predicted molar refractivity (Wildman–Crippen MR) is 97.0 cm³/mol. The summed E-state index contributed by atoms with van der Waals surface area (Å²) >= 11 is 2.22. The number of amides is 1. The molecular weight excluding hydrogens is 439 g/mol. The molecule has 128 valence electrons. The maximum atomic E-state index is 13.1. The lowest BCUT2D eigenvalue weighted by atomic mass is 10.1. The Kier molecular flexibility index (Phi) is 3.97. The van der Waals surface area contributed by atoms with Crippen LogP contribution in [-0.2, 0) is 26.6 Å². The number of carbonyl (C=O) groups is 1. The van der Waals surface area contributed by atoms with E-state index < -0.39 is 10.7 Å². The molecule has 0 radical (unpaired) electrons. The number of nitro groups is 1. The first kappa shape index (κ1) is 16.4. The van der Waals surface area contributed by atoms with Crippen LogP contribution >= 0.6 is 22.6 Å². The number of hydrogen-bond donors (Lipinski definition) is 0. The number of ether oxygens (including phenoxy) is 2.